The van der Waals surface area contributed by atoms with Crippen molar-refractivity contribution in [3.8, 4) is 5.69 Å². The van der Waals surface area contributed by atoms with Gasteiger partial charge >= 0.3 is 0 Å². The molecule has 1 aromatic carbocycles. The van der Waals surface area contributed by atoms with Crippen LogP contribution in [0.1, 0.15) is 24.1 Å². The molecule has 2 heterocycles. The maximum absolute atomic E-state index is 4.43. The van der Waals surface area contributed by atoms with Gasteiger partial charge in [0.05, 0.1) is 17.6 Å². The molecule has 100 valence electrons. The summed E-state index contributed by atoms with van der Waals surface area (Å²) in [5.74, 6) is 0.777. The van der Waals surface area contributed by atoms with Crippen molar-refractivity contribution in [2.24, 2.45) is 5.92 Å². The molecule has 3 rings (SSSR count). The molecule has 0 spiro atoms. The predicted octanol–water partition coefficient (Wildman–Crippen LogP) is 2.12. The minimum absolute atomic E-state index is 0.777. The molecule has 0 saturated carbocycles. The van der Waals surface area contributed by atoms with Gasteiger partial charge in [0.25, 0.3) is 0 Å². The number of piperidine rings is 1. The maximum Gasteiger partial charge on any atom is 0.0888 e. The topological polar surface area (TPSA) is 42.7 Å². The summed E-state index contributed by atoms with van der Waals surface area (Å²) in [6.45, 7) is 4.26. The zero-order valence-corrected chi connectivity index (χ0v) is 11.3. The van der Waals surface area contributed by atoms with Crippen LogP contribution in [-0.2, 0) is 6.42 Å². The summed E-state index contributed by atoms with van der Waals surface area (Å²) in [6.07, 6.45) is 5.46. The van der Waals surface area contributed by atoms with E-state index in [0.717, 1.165) is 36.8 Å². The van der Waals surface area contributed by atoms with E-state index < -0.39 is 0 Å². The Hall–Kier alpha value is -1.68. The first kappa shape index (κ1) is 12.4. The molecule has 0 radical (unpaired) electrons. The van der Waals surface area contributed by atoms with Crippen molar-refractivity contribution < 1.29 is 0 Å². The van der Waals surface area contributed by atoms with Gasteiger partial charge in [-0.25, -0.2) is 0 Å². The van der Waals surface area contributed by atoms with E-state index in [1.807, 2.05) is 6.92 Å². The molecule has 4 heteroatoms. The SMILES string of the molecule is Cc1cnn(-c2ccccc2CC2CCNCC2)n1. The summed E-state index contributed by atoms with van der Waals surface area (Å²) in [5.41, 5.74) is 3.43. The molecule has 0 aliphatic carbocycles. The van der Waals surface area contributed by atoms with Crippen molar-refractivity contribution in [3.05, 3.63) is 41.7 Å². The van der Waals surface area contributed by atoms with Gasteiger partial charge < -0.3 is 5.32 Å². The summed E-state index contributed by atoms with van der Waals surface area (Å²) in [5, 5.41) is 12.2. The summed E-state index contributed by atoms with van der Waals surface area (Å²) >= 11 is 0. The minimum atomic E-state index is 0.777. The summed E-state index contributed by atoms with van der Waals surface area (Å²) < 4.78 is 0. The number of aryl methyl sites for hydroxylation is 1. The minimum Gasteiger partial charge on any atom is -0.317 e. The Balaban J connectivity index is 1.84. The second-order valence-electron chi connectivity index (χ2n) is 5.30. The van der Waals surface area contributed by atoms with Crippen LogP contribution in [0.5, 0.6) is 0 Å². The zero-order valence-electron chi connectivity index (χ0n) is 11.3. The molecule has 19 heavy (non-hydrogen) atoms. The molecule has 4 nitrogen and oxygen atoms in total. The number of hydrogen-bond donors (Lipinski definition) is 1. The van der Waals surface area contributed by atoms with Gasteiger partial charge in [0.15, 0.2) is 0 Å². The fourth-order valence-corrected chi connectivity index (χ4v) is 2.73. The van der Waals surface area contributed by atoms with Crippen molar-refractivity contribution in [2.45, 2.75) is 26.2 Å². The quantitative estimate of drug-likeness (QED) is 0.914. The van der Waals surface area contributed by atoms with Crippen LogP contribution in [0.3, 0.4) is 0 Å². The highest BCUT2D eigenvalue weighted by Crippen LogP contribution is 2.22. The van der Waals surface area contributed by atoms with Crippen LogP contribution in [0.4, 0.5) is 0 Å². The Morgan fingerprint density at radius 3 is 2.79 bits per heavy atom. The van der Waals surface area contributed by atoms with Gasteiger partial charge in [-0.2, -0.15) is 15.0 Å². The molecule has 1 aliphatic rings. The van der Waals surface area contributed by atoms with Crippen molar-refractivity contribution in [3.63, 3.8) is 0 Å². The number of nitrogens with zero attached hydrogens (tertiary/aromatic N) is 3. The fourth-order valence-electron chi connectivity index (χ4n) is 2.73. The molecule has 1 aliphatic heterocycles. The first-order valence-corrected chi connectivity index (χ1v) is 7.01. The lowest BCUT2D eigenvalue weighted by atomic mass is 9.90. The normalized spacial score (nSPS) is 16.7. The molecule has 1 fully saturated rings. The van der Waals surface area contributed by atoms with E-state index in [0.29, 0.717) is 0 Å². The lowest BCUT2D eigenvalue weighted by Gasteiger charge is -2.23. The molecule has 0 unspecified atom stereocenters. The van der Waals surface area contributed by atoms with Crippen LogP contribution in [0.15, 0.2) is 30.5 Å². The van der Waals surface area contributed by atoms with Gasteiger partial charge in [-0.3, -0.25) is 0 Å². The van der Waals surface area contributed by atoms with Gasteiger partial charge in [0.2, 0.25) is 0 Å². The molecule has 0 bridgehead atoms. The standard InChI is InChI=1S/C15H20N4/c1-12-11-17-19(18-12)15-5-3-2-4-14(15)10-13-6-8-16-9-7-13/h2-5,11,13,16H,6-10H2,1H3. The van der Waals surface area contributed by atoms with E-state index in [2.05, 4.69) is 39.8 Å². The van der Waals surface area contributed by atoms with Crippen LogP contribution < -0.4 is 5.32 Å². The van der Waals surface area contributed by atoms with E-state index >= 15 is 0 Å². The lowest BCUT2D eigenvalue weighted by Crippen LogP contribution is -2.28. The fraction of sp³-hybridized carbons (Fsp3) is 0.467. The second-order valence-corrected chi connectivity index (χ2v) is 5.30. The predicted molar refractivity (Wildman–Crippen MR) is 75.4 cm³/mol. The van der Waals surface area contributed by atoms with Gasteiger partial charge in [0, 0.05) is 0 Å². The number of rotatable bonds is 3. The third-order valence-electron chi connectivity index (χ3n) is 3.78. The molecule has 1 aromatic heterocycles. The number of para-hydroxylation sites is 1. The Morgan fingerprint density at radius 1 is 1.26 bits per heavy atom. The largest absolute Gasteiger partial charge is 0.317 e. The summed E-state index contributed by atoms with van der Waals surface area (Å²) in [7, 11) is 0. The van der Waals surface area contributed by atoms with Crippen LogP contribution in [0.25, 0.3) is 5.69 Å². The molecule has 2 aromatic rings. The van der Waals surface area contributed by atoms with Gasteiger partial charge in [-0.15, -0.1) is 0 Å². The Labute approximate surface area is 113 Å². The lowest BCUT2D eigenvalue weighted by molar-refractivity contribution is 0.372. The van der Waals surface area contributed by atoms with Gasteiger partial charge in [0.1, 0.15) is 0 Å². The average molecular weight is 256 g/mol. The average Bonchev–Trinajstić information content (AvgIpc) is 2.87. The molecule has 0 atom stereocenters. The highest BCUT2D eigenvalue weighted by atomic mass is 15.5. The molecule has 0 amide bonds. The summed E-state index contributed by atoms with van der Waals surface area (Å²) in [6, 6.07) is 8.47. The van der Waals surface area contributed by atoms with E-state index in [1.54, 1.807) is 11.0 Å². The van der Waals surface area contributed by atoms with Crippen molar-refractivity contribution in [1.29, 1.82) is 0 Å². The van der Waals surface area contributed by atoms with E-state index in [4.69, 9.17) is 0 Å². The van der Waals surface area contributed by atoms with Crippen molar-refractivity contribution in [2.75, 3.05) is 13.1 Å². The maximum atomic E-state index is 4.43. The highest BCUT2D eigenvalue weighted by Gasteiger charge is 2.16. The van der Waals surface area contributed by atoms with Crippen molar-refractivity contribution >= 4 is 0 Å². The van der Waals surface area contributed by atoms with Crippen LogP contribution in [0, 0.1) is 12.8 Å². The van der Waals surface area contributed by atoms with Gasteiger partial charge in [-0.1, -0.05) is 18.2 Å². The third kappa shape index (κ3) is 2.84. The number of hydrogen-bond acceptors (Lipinski definition) is 3. The van der Waals surface area contributed by atoms with Crippen LogP contribution in [-0.4, -0.2) is 28.1 Å². The Kier molecular flexibility index (Phi) is 3.60. The molecular formula is C15H20N4. The highest BCUT2D eigenvalue weighted by molar-refractivity contribution is 5.39. The van der Waals surface area contributed by atoms with Crippen LogP contribution in [0.2, 0.25) is 0 Å². The van der Waals surface area contributed by atoms with E-state index in [-0.39, 0.29) is 0 Å². The summed E-state index contributed by atoms with van der Waals surface area (Å²) in [4.78, 5) is 1.76. The Bertz CT molecular complexity index is 541. The first-order valence-electron chi connectivity index (χ1n) is 7.01. The van der Waals surface area contributed by atoms with E-state index in [9.17, 15) is 0 Å². The third-order valence-corrected chi connectivity index (χ3v) is 3.78. The van der Waals surface area contributed by atoms with E-state index in [1.165, 1.54) is 18.4 Å². The number of nitrogens with one attached hydrogen (secondary N) is 1. The zero-order chi connectivity index (χ0) is 13.1. The first-order chi connectivity index (χ1) is 9.33. The Morgan fingerprint density at radius 2 is 2.05 bits per heavy atom. The van der Waals surface area contributed by atoms with Crippen molar-refractivity contribution in [1.82, 2.24) is 20.3 Å². The second kappa shape index (κ2) is 5.53. The smallest absolute Gasteiger partial charge is 0.0888 e. The van der Waals surface area contributed by atoms with Gasteiger partial charge in [-0.05, 0) is 56.8 Å². The molecule has 1 saturated heterocycles. The number of aromatic nitrogens is 3. The monoisotopic (exact) mass is 256 g/mol. The molecule has 1 N–H and O–H groups in total. The number of benzene rings is 1. The molecular weight excluding hydrogens is 236 g/mol. The van der Waals surface area contributed by atoms with Crippen LogP contribution >= 0.6 is 0 Å².